The largest absolute Gasteiger partial charge is 0.380 e. The van der Waals surface area contributed by atoms with Crippen LogP contribution in [0.3, 0.4) is 0 Å². The van der Waals surface area contributed by atoms with Crippen LogP contribution in [0.25, 0.3) is 0 Å². The Bertz CT molecular complexity index is 321. The summed E-state index contributed by atoms with van der Waals surface area (Å²) >= 11 is 1.89. The molecule has 0 aromatic heterocycles. The van der Waals surface area contributed by atoms with E-state index in [1.54, 1.807) is 7.11 Å². The molecule has 17 heavy (non-hydrogen) atoms. The fourth-order valence-corrected chi connectivity index (χ4v) is 1.75. The predicted molar refractivity (Wildman–Crippen MR) is 76.5 cm³/mol. The van der Waals surface area contributed by atoms with Gasteiger partial charge in [0.1, 0.15) is 0 Å². The van der Waals surface area contributed by atoms with Gasteiger partial charge in [0.05, 0.1) is 6.61 Å². The summed E-state index contributed by atoms with van der Waals surface area (Å²) in [6.07, 6.45) is 2.15. The Morgan fingerprint density at radius 3 is 2.29 bits per heavy atom. The molecule has 0 saturated carbocycles. The van der Waals surface area contributed by atoms with Gasteiger partial charge in [0.2, 0.25) is 0 Å². The standard InChI is InChI=1S/C14H23NOS/c1-14(2,17-4)11-15-9-12-5-7-13(8-6-12)10-16-3/h5-8,15H,9-11H2,1-4H3. The normalized spacial score (nSPS) is 11.8. The van der Waals surface area contributed by atoms with E-state index in [2.05, 4.69) is 49.7 Å². The van der Waals surface area contributed by atoms with Crippen molar-refractivity contribution in [3.05, 3.63) is 35.4 Å². The van der Waals surface area contributed by atoms with E-state index in [4.69, 9.17) is 4.74 Å². The number of hydrogen-bond donors (Lipinski definition) is 1. The van der Waals surface area contributed by atoms with Crippen molar-refractivity contribution in [3.63, 3.8) is 0 Å². The molecule has 0 heterocycles. The Labute approximate surface area is 109 Å². The van der Waals surface area contributed by atoms with E-state index in [1.165, 1.54) is 11.1 Å². The minimum Gasteiger partial charge on any atom is -0.380 e. The van der Waals surface area contributed by atoms with E-state index in [1.807, 2.05) is 11.8 Å². The van der Waals surface area contributed by atoms with Gasteiger partial charge in [-0.25, -0.2) is 0 Å². The van der Waals surface area contributed by atoms with E-state index in [-0.39, 0.29) is 0 Å². The summed E-state index contributed by atoms with van der Waals surface area (Å²) in [5, 5.41) is 3.49. The van der Waals surface area contributed by atoms with Crippen LogP contribution in [-0.4, -0.2) is 24.7 Å². The summed E-state index contributed by atoms with van der Waals surface area (Å²) in [4.78, 5) is 0. The smallest absolute Gasteiger partial charge is 0.0713 e. The molecule has 1 N–H and O–H groups in total. The van der Waals surface area contributed by atoms with Crippen molar-refractivity contribution in [2.75, 3.05) is 19.9 Å². The van der Waals surface area contributed by atoms with E-state index in [0.29, 0.717) is 11.4 Å². The molecule has 0 bridgehead atoms. The number of thioether (sulfide) groups is 1. The summed E-state index contributed by atoms with van der Waals surface area (Å²) in [7, 11) is 1.72. The molecule has 0 fully saturated rings. The Morgan fingerprint density at radius 1 is 1.18 bits per heavy atom. The first kappa shape index (κ1) is 14.6. The van der Waals surface area contributed by atoms with E-state index in [0.717, 1.165) is 13.1 Å². The van der Waals surface area contributed by atoms with Gasteiger partial charge < -0.3 is 10.1 Å². The lowest BCUT2D eigenvalue weighted by atomic mass is 10.1. The van der Waals surface area contributed by atoms with Crippen molar-refractivity contribution in [1.29, 1.82) is 0 Å². The molecular formula is C14H23NOS. The summed E-state index contributed by atoms with van der Waals surface area (Å²) in [5.74, 6) is 0. The van der Waals surface area contributed by atoms with Crippen LogP contribution in [0.1, 0.15) is 25.0 Å². The van der Waals surface area contributed by atoms with Gasteiger partial charge in [0.25, 0.3) is 0 Å². The van der Waals surface area contributed by atoms with Crippen LogP contribution in [-0.2, 0) is 17.9 Å². The molecule has 1 aromatic carbocycles. The molecule has 96 valence electrons. The molecule has 0 spiro atoms. The van der Waals surface area contributed by atoms with Gasteiger partial charge in [-0.3, -0.25) is 0 Å². The molecule has 0 aliphatic carbocycles. The van der Waals surface area contributed by atoms with Crippen LogP contribution >= 0.6 is 11.8 Å². The average molecular weight is 253 g/mol. The average Bonchev–Trinajstić information content (AvgIpc) is 2.32. The zero-order valence-corrected chi connectivity index (χ0v) is 12.1. The van der Waals surface area contributed by atoms with Gasteiger partial charge >= 0.3 is 0 Å². The lowest BCUT2D eigenvalue weighted by Crippen LogP contribution is -2.31. The van der Waals surface area contributed by atoms with E-state index in [9.17, 15) is 0 Å². The van der Waals surface area contributed by atoms with Crippen LogP contribution in [0.4, 0.5) is 0 Å². The van der Waals surface area contributed by atoms with Crippen LogP contribution in [0.15, 0.2) is 24.3 Å². The molecule has 2 nitrogen and oxygen atoms in total. The molecule has 0 saturated heterocycles. The van der Waals surface area contributed by atoms with Crippen LogP contribution in [0.5, 0.6) is 0 Å². The molecule has 0 radical (unpaired) electrons. The highest BCUT2D eigenvalue weighted by molar-refractivity contribution is 7.99. The van der Waals surface area contributed by atoms with E-state index < -0.39 is 0 Å². The lowest BCUT2D eigenvalue weighted by molar-refractivity contribution is 0.185. The first-order valence-electron chi connectivity index (χ1n) is 5.90. The molecular weight excluding hydrogens is 230 g/mol. The summed E-state index contributed by atoms with van der Waals surface area (Å²) < 4.78 is 5.39. The maximum Gasteiger partial charge on any atom is 0.0713 e. The van der Waals surface area contributed by atoms with Crippen molar-refractivity contribution in [2.24, 2.45) is 0 Å². The molecule has 3 heteroatoms. The number of hydrogen-bond acceptors (Lipinski definition) is 3. The lowest BCUT2D eigenvalue weighted by Gasteiger charge is -2.22. The SMILES string of the molecule is COCc1ccc(CNCC(C)(C)SC)cc1. The summed E-state index contributed by atoms with van der Waals surface area (Å²) in [6.45, 7) is 7.15. The third-order valence-corrected chi connectivity index (χ3v) is 4.02. The van der Waals surface area contributed by atoms with Crippen LogP contribution in [0, 0.1) is 0 Å². The van der Waals surface area contributed by atoms with Crippen molar-refractivity contribution < 1.29 is 4.74 Å². The van der Waals surface area contributed by atoms with Gasteiger partial charge in [0.15, 0.2) is 0 Å². The highest BCUT2D eigenvalue weighted by Gasteiger charge is 2.14. The Morgan fingerprint density at radius 2 is 1.76 bits per heavy atom. The van der Waals surface area contributed by atoms with Crippen LogP contribution in [0.2, 0.25) is 0 Å². The molecule has 0 aliphatic heterocycles. The molecule has 0 amide bonds. The molecule has 0 aliphatic rings. The molecule has 0 atom stereocenters. The first-order chi connectivity index (χ1) is 8.07. The number of methoxy groups -OCH3 is 1. The molecule has 1 rings (SSSR count). The minimum atomic E-state index is 0.302. The maximum absolute atomic E-state index is 5.09. The Kier molecular flexibility index (Phi) is 6.03. The van der Waals surface area contributed by atoms with E-state index >= 15 is 0 Å². The first-order valence-corrected chi connectivity index (χ1v) is 7.12. The Balaban J connectivity index is 2.37. The van der Waals surface area contributed by atoms with Gasteiger partial charge in [-0.1, -0.05) is 24.3 Å². The molecule has 0 unspecified atom stereocenters. The highest BCUT2D eigenvalue weighted by atomic mass is 32.2. The fraction of sp³-hybridized carbons (Fsp3) is 0.571. The Hall–Kier alpha value is -0.510. The predicted octanol–water partition coefficient (Wildman–Crippen LogP) is 3.06. The third kappa shape index (κ3) is 5.57. The van der Waals surface area contributed by atoms with Crippen molar-refractivity contribution in [2.45, 2.75) is 31.7 Å². The zero-order chi connectivity index (χ0) is 12.7. The summed E-state index contributed by atoms with van der Waals surface area (Å²) in [6, 6.07) is 8.57. The zero-order valence-electron chi connectivity index (χ0n) is 11.2. The third-order valence-electron chi connectivity index (χ3n) is 2.77. The number of ether oxygens (including phenoxy) is 1. The van der Waals surface area contributed by atoms with Gasteiger partial charge in [-0.05, 0) is 31.2 Å². The molecule has 1 aromatic rings. The van der Waals surface area contributed by atoms with Crippen LogP contribution < -0.4 is 5.32 Å². The second kappa shape index (κ2) is 7.04. The maximum atomic E-state index is 5.09. The minimum absolute atomic E-state index is 0.302. The van der Waals surface area contributed by atoms with Gasteiger partial charge in [-0.15, -0.1) is 0 Å². The topological polar surface area (TPSA) is 21.3 Å². The van der Waals surface area contributed by atoms with Crippen molar-refractivity contribution in [1.82, 2.24) is 5.32 Å². The van der Waals surface area contributed by atoms with Gasteiger partial charge in [0, 0.05) is 24.9 Å². The highest BCUT2D eigenvalue weighted by Crippen LogP contribution is 2.19. The van der Waals surface area contributed by atoms with Crippen molar-refractivity contribution >= 4 is 11.8 Å². The second-order valence-electron chi connectivity index (χ2n) is 4.82. The van der Waals surface area contributed by atoms with Crippen molar-refractivity contribution in [3.8, 4) is 0 Å². The fourth-order valence-electron chi connectivity index (χ4n) is 1.50. The number of benzene rings is 1. The summed E-state index contributed by atoms with van der Waals surface area (Å²) in [5.41, 5.74) is 2.54. The monoisotopic (exact) mass is 253 g/mol. The van der Waals surface area contributed by atoms with Gasteiger partial charge in [-0.2, -0.15) is 11.8 Å². The second-order valence-corrected chi connectivity index (χ2v) is 6.33. The number of nitrogens with one attached hydrogen (secondary N) is 1. The quantitative estimate of drug-likeness (QED) is 0.807. The number of rotatable bonds is 7.